The molecule has 0 spiro atoms. The van der Waals surface area contributed by atoms with Crippen molar-refractivity contribution in [3.63, 3.8) is 0 Å². The van der Waals surface area contributed by atoms with Crippen molar-refractivity contribution in [1.29, 1.82) is 0 Å². The number of rotatable bonds is 4. The summed E-state index contributed by atoms with van der Waals surface area (Å²) in [6, 6.07) is 1.88. The molecule has 4 heterocycles. The lowest BCUT2D eigenvalue weighted by Gasteiger charge is -2.06. The van der Waals surface area contributed by atoms with Gasteiger partial charge in [-0.3, -0.25) is 9.36 Å². The molecular formula is C20H22N6OS. The number of thiophene rings is 1. The molecule has 4 rings (SSSR count). The molecule has 4 aromatic rings. The second-order valence-corrected chi connectivity index (χ2v) is 6.68. The Morgan fingerprint density at radius 1 is 1.32 bits per heavy atom. The number of fused-ring (bicyclic) bond motifs is 3. The number of allylic oxidation sites excluding steroid dienone is 1. The molecule has 7 nitrogen and oxygen atoms in total. The van der Waals surface area contributed by atoms with Crippen LogP contribution in [0.5, 0.6) is 0 Å². The second-order valence-electron chi connectivity index (χ2n) is 5.68. The van der Waals surface area contributed by atoms with Gasteiger partial charge >= 0.3 is 0 Å². The molecule has 28 heavy (non-hydrogen) atoms. The maximum Gasteiger partial charge on any atom is 0.275 e. The summed E-state index contributed by atoms with van der Waals surface area (Å²) in [5, 5.41) is 4.01. The van der Waals surface area contributed by atoms with E-state index in [9.17, 15) is 4.79 Å². The number of hydrogen-bond donors (Lipinski definition) is 2. The van der Waals surface area contributed by atoms with Crippen LogP contribution in [0.2, 0.25) is 0 Å². The van der Waals surface area contributed by atoms with Gasteiger partial charge in [-0.25, -0.2) is 15.0 Å². The van der Waals surface area contributed by atoms with Crippen molar-refractivity contribution >= 4 is 55.3 Å². The minimum atomic E-state index is -0.117. The molecule has 0 aliphatic carbocycles. The molecule has 4 aromatic heterocycles. The Kier molecular flexibility index (Phi) is 5.70. The highest BCUT2D eigenvalue weighted by Gasteiger charge is 2.15. The number of anilines is 1. The van der Waals surface area contributed by atoms with E-state index in [4.69, 9.17) is 0 Å². The molecule has 0 aliphatic rings. The van der Waals surface area contributed by atoms with E-state index in [1.165, 1.54) is 15.9 Å². The van der Waals surface area contributed by atoms with Gasteiger partial charge in [0.15, 0.2) is 0 Å². The number of aromatic nitrogens is 5. The highest BCUT2D eigenvalue weighted by Crippen LogP contribution is 2.33. The summed E-state index contributed by atoms with van der Waals surface area (Å²) in [6.07, 6.45) is 8.39. The molecule has 0 unspecified atom stereocenters. The van der Waals surface area contributed by atoms with Gasteiger partial charge in [0, 0.05) is 24.6 Å². The quantitative estimate of drug-likeness (QED) is 0.533. The van der Waals surface area contributed by atoms with Crippen molar-refractivity contribution in [2.24, 2.45) is 0 Å². The third kappa shape index (κ3) is 3.22. The van der Waals surface area contributed by atoms with Gasteiger partial charge in [-0.1, -0.05) is 20.4 Å². The largest absolute Gasteiger partial charge is 0.387 e. The number of nitrogens with one attached hydrogen (secondary N) is 2. The molecule has 8 heteroatoms. The Hall–Kier alpha value is -3.26. The van der Waals surface area contributed by atoms with Crippen molar-refractivity contribution in [2.75, 3.05) is 12.4 Å². The van der Waals surface area contributed by atoms with Crippen molar-refractivity contribution in [3.05, 3.63) is 53.2 Å². The van der Waals surface area contributed by atoms with Crippen molar-refractivity contribution in [3.8, 4) is 0 Å². The SMILES string of the molecule is C=Cc1nc[nH]c1/C=C(\C)n1cnc2c(sc3nccc(NC)c32)c1=O.CC. The number of aromatic amines is 1. The fourth-order valence-corrected chi connectivity index (χ4v) is 3.94. The Balaban J connectivity index is 0.00000109. The van der Waals surface area contributed by atoms with E-state index in [0.29, 0.717) is 10.2 Å². The van der Waals surface area contributed by atoms with Crippen LogP contribution in [0.15, 0.2) is 36.3 Å². The fraction of sp³-hybridized carbons (Fsp3) is 0.200. The predicted octanol–water partition coefficient (Wildman–Crippen LogP) is 4.46. The van der Waals surface area contributed by atoms with Gasteiger partial charge in [0.25, 0.3) is 5.56 Å². The predicted molar refractivity (Wildman–Crippen MR) is 119 cm³/mol. The van der Waals surface area contributed by atoms with Crippen LogP contribution >= 0.6 is 11.3 Å². The molecular weight excluding hydrogens is 372 g/mol. The van der Waals surface area contributed by atoms with Gasteiger partial charge in [-0.05, 0) is 25.1 Å². The monoisotopic (exact) mass is 394 g/mol. The molecule has 0 atom stereocenters. The van der Waals surface area contributed by atoms with Crippen LogP contribution in [-0.2, 0) is 0 Å². The Morgan fingerprint density at radius 2 is 2.11 bits per heavy atom. The van der Waals surface area contributed by atoms with Crippen molar-refractivity contribution < 1.29 is 0 Å². The lowest BCUT2D eigenvalue weighted by atomic mass is 10.2. The summed E-state index contributed by atoms with van der Waals surface area (Å²) in [5.74, 6) is 0. The third-order valence-corrected chi connectivity index (χ3v) is 5.25. The van der Waals surface area contributed by atoms with E-state index in [1.807, 2.05) is 40.0 Å². The summed E-state index contributed by atoms with van der Waals surface area (Å²) >= 11 is 1.35. The zero-order valence-corrected chi connectivity index (χ0v) is 17.1. The fourth-order valence-electron chi connectivity index (χ4n) is 2.88. The van der Waals surface area contributed by atoms with Gasteiger partial charge in [0.1, 0.15) is 15.9 Å². The van der Waals surface area contributed by atoms with Crippen LogP contribution < -0.4 is 10.9 Å². The van der Waals surface area contributed by atoms with Gasteiger partial charge in [0.2, 0.25) is 0 Å². The van der Waals surface area contributed by atoms with E-state index in [1.54, 1.807) is 24.9 Å². The molecule has 2 N–H and O–H groups in total. The lowest BCUT2D eigenvalue weighted by molar-refractivity contribution is 0.987. The van der Waals surface area contributed by atoms with Crippen molar-refractivity contribution in [2.45, 2.75) is 20.8 Å². The number of hydrogen-bond acceptors (Lipinski definition) is 6. The number of H-pyrrole nitrogens is 1. The first-order chi connectivity index (χ1) is 13.6. The van der Waals surface area contributed by atoms with Crippen LogP contribution in [0.1, 0.15) is 32.2 Å². The minimum absolute atomic E-state index is 0.117. The summed E-state index contributed by atoms with van der Waals surface area (Å²) in [4.78, 5) is 29.9. The smallest absolute Gasteiger partial charge is 0.275 e. The summed E-state index contributed by atoms with van der Waals surface area (Å²) in [5.41, 5.74) is 3.72. The maximum atomic E-state index is 13.0. The molecule has 0 bridgehead atoms. The summed E-state index contributed by atoms with van der Waals surface area (Å²) in [7, 11) is 1.84. The minimum Gasteiger partial charge on any atom is -0.387 e. The van der Waals surface area contributed by atoms with E-state index in [0.717, 1.165) is 33.0 Å². The first-order valence-electron chi connectivity index (χ1n) is 8.95. The molecule has 0 radical (unpaired) electrons. The highest BCUT2D eigenvalue weighted by atomic mass is 32.1. The van der Waals surface area contributed by atoms with Gasteiger partial charge < -0.3 is 10.3 Å². The van der Waals surface area contributed by atoms with E-state index >= 15 is 0 Å². The number of nitrogens with zero attached hydrogens (tertiary/aromatic N) is 4. The molecule has 144 valence electrons. The van der Waals surface area contributed by atoms with Crippen LogP contribution in [-0.4, -0.2) is 31.6 Å². The average molecular weight is 395 g/mol. The topological polar surface area (TPSA) is 88.5 Å². The third-order valence-electron chi connectivity index (χ3n) is 4.18. The molecule has 0 saturated heterocycles. The Morgan fingerprint density at radius 3 is 2.82 bits per heavy atom. The van der Waals surface area contributed by atoms with Gasteiger partial charge in [-0.15, -0.1) is 11.3 Å². The highest BCUT2D eigenvalue weighted by molar-refractivity contribution is 7.25. The average Bonchev–Trinajstić information content (AvgIpc) is 3.34. The lowest BCUT2D eigenvalue weighted by Crippen LogP contribution is -2.17. The standard InChI is InChI=1S/C18H16N6OS.C2H6/c1-4-11-13(22-8-21-11)7-10(2)24-9-23-15-14-12(19-3)5-6-20-17(14)26-16(15)18(24)25;1-2/h4-9H,1H2,2-3H3,(H,19,20)(H,21,22);1-2H3/b10-7+;. The number of pyridine rings is 1. The van der Waals surface area contributed by atoms with E-state index in [2.05, 4.69) is 31.8 Å². The van der Waals surface area contributed by atoms with E-state index in [-0.39, 0.29) is 5.56 Å². The van der Waals surface area contributed by atoms with Gasteiger partial charge in [-0.2, -0.15) is 0 Å². The Labute approximate surface area is 166 Å². The number of imidazole rings is 1. The summed E-state index contributed by atoms with van der Waals surface area (Å²) < 4.78 is 2.11. The Bertz CT molecular complexity index is 1230. The zero-order chi connectivity index (χ0) is 20.3. The first-order valence-corrected chi connectivity index (χ1v) is 9.76. The zero-order valence-electron chi connectivity index (χ0n) is 16.3. The molecule has 0 aromatic carbocycles. The first kappa shape index (κ1) is 19.5. The van der Waals surface area contributed by atoms with E-state index < -0.39 is 0 Å². The van der Waals surface area contributed by atoms with Crippen LogP contribution in [0, 0.1) is 0 Å². The van der Waals surface area contributed by atoms with Crippen LogP contribution in [0.25, 0.3) is 38.3 Å². The van der Waals surface area contributed by atoms with Crippen LogP contribution in [0.3, 0.4) is 0 Å². The molecule has 0 fully saturated rings. The van der Waals surface area contributed by atoms with Crippen LogP contribution in [0.4, 0.5) is 5.69 Å². The molecule has 0 saturated carbocycles. The normalized spacial score (nSPS) is 11.4. The molecule has 0 amide bonds. The second kappa shape index (κ2) is 8.18. The summed E-state index contributed by atoms with van der Waals surface area (Å²) in [6.45, 7) is 9.59. The van der Waals surface area contributed by atoms with Gasteiger partial charge in [0.05, 0.1) is 28.6 Å². The molecule has 0 aliphatic heterocycles. The van der Waals surface area contributed by atoms with Crippen molar-refractivity contribution in [1.82, 2.24) is 24.5 Å². The maximum absolute atomic E-state index is 13.0.